The van der Waals surface area contributed by atoms with E-state index < -0.39 is 12.0 Å². The van der Waals surface area contributed by atoms with Gasteiger partial charge in [0, 0.05) is 12.6 Å². The van der Waals surface area contributed by atoms with Crippen molar-refractivity contribution in [3.63, 3.8) is 0 Å². The zero-order valence-electron chi connectivity index (χ0n) is 11.6. The number of carbonyl (C=O) groups excluding carboxylic acids is 1. The van der Waals surface area contributed by atoms with Gasteiger partial charge in [0.2, 0.25) is 0 Å². The van der Waals surface area contributed by atoms with Crippen LogP contribution in [0.4, 0.5) is 4.79 Å². The lowest BCUT2D eigenvalue weighted by Gasteiger charge is -2.29. The molecule has 0 aromatic carbocycles. The fraction of sp³-hybridized carbons (Fsp3) is 0.692. The van der Waals surface area contributed by atoms with E-state index in [1.807, 2.05) is 27.7 Å². The minimum Gasteiger partial charge on any atom is -0.480 e. The Bertz CT molecular complexity index is 303. The van der Waals surface area contributed by atoms with E-state index in [0.717, 1.165) is 0 Å². The average Bonchev–Trinajstić information content (AvgIpc) is 2.30. The minimum atomic E-state index is -1.000. The van der Waals surface area contributed by atoms with Gasteiger partial charge < -0.3 is 15.3 Å². The van der Waals surface area contributed by atoms with Crippen LogP contribution in [0.25, 0.3) is 0 Å². The normalized spacial score (nSPS) is 13.8. The summed E-state index contributed by atoms with van der Waals surface area (Å²) in [4.78, 5) is 24.7. The molecule has 0 aliphatic rings. The third kappa shape index (κ3) is 4.77. The predicted molar refractivity (Wildman–Crippen MR) is 71.4 cm³/mol. The molecule has 5 heteroatoms. The molecule has 1 unspecified atom stereocenters. The summed E-state index contributed by atoms with van der Waals surface area (Å²) in [7, 11) is 0. The van der Waals surface area contributed by atoms with Gasteiger partial charge in [0.25, 0.3) is 0 Å². The number of hydrogen-bond donors (Lipinski definition) is 2. The number of nitrogens with zero attached hydrogens (tertiary/aromatic N) is 1. The summed E-state index contributed by atoms with van der Waals surface area (Å²) in [5.74, 6) is -1.11. The second-order valence-corrected chi connectivity index (χ2v) is 4.69. The summed E-state index contributed by atoms with van der Waals surface area (Å²) < 4.78 is 0. The van der Waals surface area contributed by atoms with Crippen LogP contribution in [-0.2, 0) is 4.79 Å². The lowest BCUT2D eigenvalue weighted by molar-refractivity contribution is -0.140. The molecule has 0 aliphatic heterocycles. The lowest BCUT2D eigenvalue weighted by atomic mass is 9.99. The molecule has 0 aromatic rings. The van der Waals surface area contributed by atoms with Crippen molar-refractivity contribution in [2.75, 3.05) is 6.54 Å². The minimum absolute atomic E-state index is 0.00521. The van der Waals surface area contributed by atoms with Crippen molar-refractivity contribution in [2.24, 2.45) is 5.92 Å². The summed E-state index contributed by atoms with van der Waals surface area (Å²) in [6.45, 7) is 11.5. The fourth-order valence-corrected chi connectivity index (χ4v) is 1.57. The monoisotopic (exact) mass is 256 g/mol. The highest BCUT2D eigenvalue weighted by molar-refractivity contribution is 5.83. The highest BCUT2D eigenvalue weighted by Gasteiger charge is 2.27. The highest BCUT2D eigenvalue weighted by atomic mass is 16.4. The first-order chi connectivity index (χ1) is 8.34. The molecule has 0 aromatic heterocycles. The van der Waals surface area contributed by atoms with Crippen molar-refractivity contribution >= 4 is 12.0 Å². The van der Waals surface area contributed by atoms with E-state index in [9.17, 15) is 9.59 Å². The molecular weight excluding hydrogens is 232 g/mol. The van der Waals surface area contributed by atoms with Gasteiger partial charge >= 0.3 is 12.0 Å². The van der Waals surface area contributed by atoms with E-state index in [-0.39, 0.29) is 18.0 Å². The maximum absolute atomic E-state index is 12.0. The second kappa shape index (κ2) is 7.74. The summed E-state index contributed by atoms with van der Waals surface area (Å²) >= 11 is 0. The molecule has 0 aliphatic carbocycles. The van der Waals surface area contributed by atoms with Crippen LogP contribution in [0.2, 0.25) is 0 Å². The Morgan fingerprint density at radius 2 is 1.94 bits per heavy atom. The van der Waals surface area contributed by atoms with E-state index in [1.54, 1.807) is 11.0 Å². The molecule has 0 bridgehead atoms. The maximum Gasteiger partial charge on any atom is 0.326 e. The number of carbonyl (C=O) groups is 2. The van der Waals surface area contributed by atoms with E-state index in [2.05, 4.69) is 11.9 Å². The Labute approximate surface area is 109 Å². The van der Waals surface area contributed by atoms with Crippen molar-refractivity contribution in [1.29, 1.82) is 0 Å². The third-order valence-electron chi connectivity index (χ3n) is 2.97. The molecular formula is C13H24N2O3. The van der Waals surface area contributed by atoms with Gasteiger partial charge in [-0.2, -0.15) is 0 Å². The zero-order valence-corrected chi connectivity index (χ0v) is 11.6. The number of rotatable bonds is 7. The first-order valence-corrected chi connectivity index (χ1v) is 6.25. The smallest absolute Gasteiger partial charge is 0.326 e. The first-order valence-electron chi connectivity index (χ1n) is 6.25. The van der Waals surface area contributed by atoms with Crippen LogP contribution in [0.3, 0.4) is 0 Å². The molecule has 0 rings (SSSR count). The number of carboxylic acid groups (broad SMARTS) is 1. The third-order valence-corrected chi connectivity index (χ3v) is 2.97. The van der Waals surface area contributed by atoms with Gasteiger partial charge in [0.05, 0.1) is 0 Å². The van der Waals surface area contributed by atoms with Crippen molar-refractivity contribution in [1.82, 2.24) is 10.2 Å². The molecule has 0 saturated carbocycles. The van der Waals surface area contributed by atoms with Crippen LogP contribution in [0.5, 0.6) is 0 Å². The topological polar surface area (TPSA) is 69.6 Å². The summed E-state index contributed by atoms with van der Waals surface area (Å²) in [6.07, 6.45) is 2.32. The molecule has 18 heavy (non-hydrogen) atoms. The molecule has 2 atom stereocenters. The molecule has 2 amide bonds. The van der Waals surface area contributed by atoms with Gasteiger partial charge in [-0.25, -0.2) is 9.59 Å². The van der Waals surface area contributed by atoms with Crippen LogP contribution < -0.4 is 5.32 Å². The van der Waals surface area contributed by atoms with Crippen LogP contribution in [-0.4, -0.2) is 40.6 Å². The van der Waals surface area contributed by atoms with Crippen LogP contribution in [0.15, 0.2) is 12.7 Å². The van der Waals surface area contributed by atoms with Crippen LogP contribution >= 0.6 is 0 Å². The number of amides is 2. The Morgan fingerprint density at radius 3 is 2.28 bits per heavy atom. The fourth-order valence-electron chi connectivity index (χ4n) is 1.57. The number of carboxylic acids is 1. The second-order valence-electron chi connectivity index (χ2n) is 4.69. The van der Waals surface area contributed by atoms with Gasteiger partial charge in [-0.05, 0) is 19.8 Å². The Morgan fingerprint density at radius 1 is 1.39 bits per heavy atom. The Hall–Kier alpha value is -1.52. The van der Waals surface area contributed by atoms with Crippen LogP contribution in [0.1, 0.15) is 34.1 Å². The summed E-state index contributed by atoms with van der Waals surface area (Å²) in [5, 5.41) is 11.7. The largest absolute Gasteiger partial charge is 0.480 e. The summed E-state index contributed by atoms with van der Waals surface area (Å²) in [6, 6.07) is -1.22. The number of nitrogens with one attached hydrogen (secondary N) is 1. The Kier molecular flexibility index (Phi) is 7.08. The number of aliphatic carboxylic acids is 1. The van der Waals surface area contributed by atoms with Crippen molar-refractivity contribution in [3.05, 3.63) is 12.7 Å². The molecule has 0 heterocycles. The highest BCUT2D eigenvalue weighted by Crippen LogP contribution is 2.09. The number of hydrogen-bond acceptors (Lipinski definition) is 2. The van der Waals surface area contributed by atoms with Gasteiger partial charge in [-0.1, -0.05) is 26.3 Å². The Balaban J connectivity index is 4.76. The maximum atomic E-state index is 12.0. The van der Waals surface area contributed by atoms with E-state index >= 15 is 0 Å². The standard InChI is InChI=1S/C13H24N2O3/c1-6-8-15(9(3)4)13(18)14-11(12(16)17)10(5)7-2/h6,9-11H,1,7-8H2,2-5H3,(H,14,18)(H,16,17)/t10?,11-/m0/s1. The van der Waals surface area contributed by atoms with Gasteiger partial charge in [0.1, 0.15) is 6.04 Å². The van der Waals surface area contributed by atoms with Crippen LogP contribution in [0, 0.1) is 5.92 Å². The molecule has 2 N–H and O–H groups in total. The van der Waals surface area contributed by atoms with Gasteiger partial charge in [-0.15, -0.1) is 6.58 Å². The van der Waals surface area contributed by atoms with Crippen molar-refractivity contribution < 1.29 is 14.7 Å². The number of urea groups is 1. The van der Waals surface area contributed by atoms with E-state index in [1.165, 1.54) is 0 Å². The first kappa shape index (κ1) is 16.5. The molecule has 104 valence electrons. The SMILES string of the molecule is C=CCN(C(=O)N[C@H](C(=O)O)C(C)CC)C(C)C. The average molecular weight is 256 g/mol. The van der Waals surface area contributed by atoms with Crippen molar-refractivity contribution in [2.45, 2.75) is 46.2 Å². The molecule has 0 spiro atoms. The van der Waals surface area contributed by atoms with Gasteiger partial charge in [0.15, 0.2) is 0 Å². The quantitative estimate of drug-likeness (QED) is 0.685. The summed E-state index contributed by atoms with van der Waals surface area (Å²) in [5.41, 5.74) is 0. The van der Waals surface area contributed by atoms with Crippen molar-refractivity contribution in [3.8, 4) is 0 Å². The molecule has 0 fully saturated rings. The molecule has 5 nitrogen and oxygen atoms in total. The zero-order chi connectivity index (χ0) is 14.3. The van der Waals surface area contributed by atoms with E-state index in [4.69, 9.17) is 5.11 Å². The molecule has 0 radical (unpaired) electrons. The predicted octanol–water partition coefficient (Wildman–Crippen LogP) is 2.09. The van der Waals surface area contributed by atoms with E-state index in [0.29, 0.717) is 13.0 Å². The lowest BCUT2D eigenvalue weighted by Crippen LogP contribution is -2.52. The van der Waals surface area contributed by atoms with Gasteiger partial charge in [-0.3, -0.25) is 0 Å². The molecule has 0 saturated heterocycles.